The number of carbonyl (C=O) groups excluding carboxylic acids is 1. The fraction of sp³-hybridized carbons (Fsp3) is 0.632. The Kier molecular flexibility index (Phi) is 14.5. The molecule has 1 unspecified atom stereocenters. The minimum atomic E-state index is -0.310. The van der Waals surface area contributed by atoms with Gasteiger partial charge in [-0.3, -0.25) is 0 Å². The second kappa shape index (κ2) is 15.1. The van der Waals surface area contributed by atoms with E-state index >= 15 is 0 Å². The zero-order valence-corrected chi connectivity index (χ0v) is 16.8. The Morgan fingerprint density at radius 3 is 2.72 bits per heavy atom. The van der Waals surface area contributed by atoms with Crippen LogP contribution in [0.15, 0.2) is 18.2 Å². The van der Waals surface area contributed by atoms with Gasteiger partial charge < -0.3 is 19.5 Å². The van der Waals surface area contributed by atoms with Crippen molar-refractivity contribution in [2.24, 2.45) is 0 Å². The van der Waals surface area contributed by atoms with Crippen molar-refractivity contribution in [1.29, 1.82) is 0 Å². The molecule has 0 aromatic heterocycles. The van der Waals surface area contributed by atoms with Crippen LogP contribution in [0.5, 0.6) is 0 Å². The standard InChI is InChI=1S/C12H16ClNO.C5H10O3.C2H6/c1-9-6-10(2-3-12(9)13)11-7-14-4-5-15-8-11;1-3-8-5(6)4-7-2;1-2/h2-3,6,11,14H,4-5,7-8H2,1H3;3-4H2,1-2H3;1-2H3. The van der Waals surface area contributed by atoms with Crippen LogP contribution in [0, 0.1) is 6.92 Å². The highest BCUT2D eigenvalue weighted by molar-refractivity contribution is 6.31. The molecule has 1 saturated heterocycles. The lowest BCUT2D eigenvalue weighted by molar-refractivity contribution is -0.147. The van der Waals surface area contributed by atoms with Gasteiger partial charge >= 0.3 is 5.97 Å². The second-order valence-electron chi connectivity index (χ2n) is 5.22. The molecule has 25 heavy (non-hydrogen) atoms. The van der Waals surface area contributed by atoms with Gasteiger partial charge in [0.15, 0.2) is 0 Å². The molecule has 0 saturated carbocycles. The first-order valence-corrected chi connectivity index (χ1v) is 9.15. The summed E-state index contributed by atoms with van der Waals surface area (Å²) in [4.78, 5) is 10.3. The lowest BCUT2D eigenvalue weighted by atomic mass is 9.98. The van der Waals surface area contributed by atoms with E-state index in [2.05, 4.69) is 26.9 Å². The van der Waals surface area contributed by atoms with E-state index in [4.69, 9.17) is 16.3 Å². The fourth-order valence-electron chi connectivity index (χ4n) is 2.16. The first-order valence-electron chi connectivity index (χ1n) is 8.77. The lowest BCUT2D eigenvalue weighted by Gasteiger charge is -2.15. The van der Waals surface area contributed by atoms with Crippen molar-refractivity contribution >= 4 is 17.6 Å². The van der Waals surface area contributed by atoms with Gasteiger partial charge in [0.05, 0.1) is 19.8 Å². The molecule has 144 valence electrons. The van der Waals surface area contributed by atoms with E-state index in [9.17, 15) is 4.79 Å². The van der Waals surface area contributed by atoms with Crippen LogP contribution in [0.4, 0.5) is 0 Å². The van der Waals surface area contributed by atoms with Gasteiger partial charge in [0.25, 0.3) is 0 Å². The minimum absolute atomic E-state index is 0.0494. The van der Waals surface area contributed by atoms with E-state index < -0.39 is 0 Å². The molecule has 2 rings (SSSR count). The fourth-order valence-corrected chi connectivity index (χ4v) is 2.28. The largest absolute Gasteiger partial charge is 0.464 e. The maximum Gasteiger partial charge on any atom is 0.332 e. The number of methoxy groups -OCH3 is 1. The summed E-state index contributed by atoms with van der Waals surface area (Å²) >= 11 is 6.00. The van der Waals surface area contributed by atoms with Crippen molar-refractivity contribution in [2.75, 3.05) is 46.6 Å². The average molecular weight is 374 g/mol. The van der Waals surface area contributed by atoms with Crippen LogP contribution in [0.1, 0.15) is 37.8 Å². The Morgan fingerprint density at radius 1 is 1.40 bits per heavy atom. The number of hydrogen-bond donors (Lipinski definition) is 1. The molecule has 0 radical (unpaired) electrons. The molecule has 1 aromatic carbocycles. The van der Waals surface area contributed by atoms with Gasteiger partial charge in [0, 0.05) is 31.1 Å². The number of rotatable bonds is 4. The normalized spacial score (nSPS) is 16.5. The third-order valence-electron chi connectivity index (χ3n) is 3.35. The Labute approximate surface area is 157 Å². The van der Waals surface area contributed by atoms with Gasteiger partial charge in [-0.25, -0.2) is 4.79 Å². The van der Waals surface area contributed by atoms with Gasteiger partial charge in [-0.05, 0) is 31.0 Å². The highest BCUT2D eigenvalue weighted by atomic mass is 35.5. The lowest BCUT2D eigenvalue weighted by Crippen LogP contribution is -2.21. The van der Waals surface area contributed by atoms with E-state index in [1.54, 1.807) is 6.92 Å². The number of benzene rings is 1. The molecular weight excluding hydrogens is 342 g/mol. The van der Waals surface area contributed by atoms with E-state index in [1.807, 2.05) is 26.8 Å². The van der Waals surface area contributed by atoms with Gasteiger partial charge in [-0.15, -0.1) is 0 Å². The molecule has 1 aromatic rings. The summed E-state index contributed by atoms with van der Waals surface area (Å²) in [5.41, 5.74) is 2.45. The zero-order chi connectivity index (χ0) is 19.1. The third kappa shape index (κ3) is 10.4. The van der Waals surface area contributed by atoms with Crippen LogP contribution in [0.25, 0.3) is 0 Å². The zero-order valence-electron chi connectivity index (χ0n) is 16.1. The molecule has 1 aliphatic rings. The predicted octanol–water partition coefficient (Wildman–Crippen LogP) is 3.57. The molecule has 1 fully saturated rings. The molecule has 0 spiro atoms. The van der Waals surface area contributed by atoms with Crippen LogP contribution >= 0.6 is 11.6 Å². The molecular formula is C19H32ClNO4. The Bertz CT molecular complexity index is 466. The Balaban J connectivity index is 0.000000493. The molecule has 1 N–H and O–H groups in total. The number of hydrogen-bond acceptors (Lipinski definition) is 5. The number of ether oxygens (including phenoxy) is 3. The van der Waals surface area contributed by atoms with Gasteiger partial charge in [0.1, 0.15) is 6.61 Å². The number of halogens is 1. The van der Waals surface area contributed by atoms with Crippen LogP contribution < -0.4 is 5.32 Å². The monoisotopic (exact) mass is 373 g/mol. The molecule has 0 aliphatic carbocycles. The van der Waals surface area contributed by atoms with Crippen LogP contribution in [-0.2, 0) is 19.0 Å². The van der Waals surface area contributed by atoms with E-state index in [0.717, 1.165) is 36.9 Å². The highest BCUT2D eigenvalue weighted by Gasteiger charge is 2.14. The van der Waals surface area contributed by atoms with Crippen molar-refractivity contribution in [2.45, 2.75) is 33.6 Å². The summed E-state index contributed by atoms with van der Waals surface area (Å²) in [6.07, 6.45) is 0. The number of carbonyl (C=O) groups is 1. The van der Waals surface area contributed by atoms with Crippen LogP contribution in [0.2, 0.25) is 5.02 Å². The van der Waals surface area contributed by atoms with Gasteiger partial charge in [0.2, 0.25) is 0 Å². The van der Waals surface area contributed by atoms with Crippen molar-refractivity contribution in [3.05, 3.63) is 34.3 Å². The Morgan fingerprint density at radius 2 is 2.12 bits per heavy atom. The molecule has 6 heteroatoms. The van der Waals surface area contributed by atoms with Crippen molar-refractivity contribution < 1.29 is 19.0 Å². The van der Waals surface area contributed by atoms with Crippen molar-refractivity contribution in [1.82, 2.24) is 5.32 Å². The summed E-state index contributed by atoms with van der Waals surface area (Å²) in [7, 11) is 1.46. The highest BCUT2D eigenvalue weighted by Crippen LogP contribution is 2.22. The predicted molar refractivity (Wildman–Crippen MR) is 102 cm³/mol. The van der Waals surface area contributed by atoms with Crippen molar-refractivity contribution in [3.8, 4) is 0 Å². The molecule has 5 nitrogen and oxygen atoms in total. The van der Waals surface area contributed by atoms with Gasteiger partial charge in [-0.1, -0.05) is 37.6 Å². The average Bonchev–Trinajstić information content (AvgIpc) is 2.90. The maximum absolute atomic E-state index is 10.3. The van der Waals surface area contributed by atoms with Gasteiger partial charge in [-0.2, -0.15) is 0 Å². The summed E-state index contributed by atoms with van der Waals surface area (Å²) in [6, 6.07) is 6.22. The van der Waals surface area contributed by atoms with Crippen LogP contribution in [-0.4, -0.2) is 52.6 Å². The number of esters is 1. The van der Waals surface area contributed by atoms with Crippen LogP contribution in [0.3, 0.4) is 0 Å². The summed E-state index contributed by atoms with van der Waals surface area (Å²) in [5.74, 6) is 0.137. The SMILES string of the molecule is CC.CCOC(=O)COC.Cc1cc(C2CNCCOC2)ccc1Cl. The van der Waals surface area contributed by atoms with Crippen molar-refractivity contribution in [3.63, 3.8) is 0 Å². The molecule has 1 atom stereocenters. The molecule has 0 amide bonds. The second-order valence-corrected chi connectivity index (χ2v) is 5.63. The smallest absolute Gasteiger partial charge is 0.332 e. The molecule has 1 heterocycles. The van der Waals surface area contributed by atoms with E-state index in [0.29, 0.717) is 12.5 Å². The first-order chi connectivity index (χ1) is 12.1. The topological polar surface area (TPSA) is 56.8 Å². The summed E-state index contributed by atoms with van der Waals surface area (Å²) in [5, 5.41) is 4.21. The molecule has 0 bridgehead atoms. The first kappa shape index (κ1) is 23.9. The maximum atomic E-state index is 10.3. The summed E-state index contributed by atoms with van der Waals surface area (Å²) < 4.78 is 14.5. The number of aryl methyl sites for hydroxylation is 1. The van der Waals surface area contributed by atoms with E-state index in [-0.39, 0.29) is 12.6 Å². The Hall–Kier alpha value is -1.14. The summed E-state index contributed by atoms with van der Waals surface area (Å²) in [6.45, 7) is 11.8. The minimum Gasteiger partial charge on any atom is -0.464 e. The quantitative estimate of drug-likeness (QED) is 0.817. The third-order valence-corrected chi connectivity index (χ3v) is 3.78. The molecule has 1 aliphatic heterocycles. The number of nitrogens with one attached hydrogen (secondary N) is 1. The van der Waals surface area contributed by atoms with E-state index in [1.165, 1.54) is 12.7 Å².